The maximum absolute atomic E-state index is 11.8. The van der Waals surface area contributed by atoms with E-state index in [0.717, 1.165) is 12.2 Å². The van der Waals surface area contributed by atoms with Gasteiger partial charge in [0.15, 0.2) is 0 Å². The van der Waals surface area contributed by atoms with E-state index in [1.54, 1.807) is 12.4 Å². The Morgan fingerprint density at radius 2 is 2.56 bits per heavy atom. The van der Waals surface area contributed by atoms with Crippen LogP contribution in [-0.4, -0.2) is 15.9 Å². The molecule has 2 N–H and O–H groups in total. The van der Waals surface area contributed by atoms with E-state index in [2.05, 4.69) is 21.4 Å². The van der Waals surface area contributed by atoms with Gasteiger partial charge in [0.1, 0.15) is 11.2 Å². The van der Waals surface area contributed by atoms with E-state index in [4.69, 9.17) is 5.26 Å². The van der Waals surface area contributed by atoms with Gasteiger partial charge < -0.3 is 10.3 Å². The lowest BCUT2D eigenvalue weighted by atomic mass is 10.1. The van der Waals surface area contributed by atoms with Gasteiger partial charge in [-0.15, -0.1) is 0 Å². The number of aromatic nitrogens is 2. The van der Waals surface area contributed by atoms with Gasteiger partial charge in [-0.1, -0.05) is 6.92 Å². The molecule has 84 valence electrons. The molecule has 0 aromatic carbocycles. The van der Waals surface area contributed by atoms with Crippen LogP contribution in [0.15, 0.2) is 12.4 Å². The topological polar surface area (TPSA) is 81.6 Å². The Bertz CT molecular complexity index is 414. The molecule has 0 bridgehead atoms. The molecule has 16 heavy (non-hydrogen) atoms. The number of aromatic amines is 1. The van der Waals surface area contributed by atoms with Crippen LogP contribution >= 0.6 is 0 Å². The summed E-state index contributed by atoms with van der Waals surface area (Å²) in [6.07, 6.45) is 5.47. The number of H-pyrrole nitrogens is 1. The largest absolute Gasteiger partial charge is 0.347 e. The fraction of sp³-hybridized carbons (Fsp3) is 0.545. The van der Waals surface area contributed by atoms with Gasteiger partial charge in [0.25, 0.3) is 0 Å². The fourth-order valence-corrected chi connectivity index (χ4v) is 1.64. The second-order valence-electron chi connectivity index (χ2n) is 4.10. The van der Waals surface area contributed by atoms with Gasteiger partial charge in [-0.2, -0.15) is 5.26 Å². The number of hydrogen-bond acceptors (Lipinski definition) is 3. The zero-order valence-corrected chi connectivity index (χ0v) is 9.16. The van der Waals surface area contributed by atoms with Gasteiger partial charge in [-0.3, -0.25) is 4.79 Å². The van der Waals surface area contributed by atoms with Crippen molar-refractivity contribution < 1.29 is 4.79 Å². The molecule has 1 aliphatic carbocycles. The number of imidazole rings is 1. The summed E-state index contributed by atoms with van der Waals surface area (Å²) in [6.45, 7) is 1.97. The molecule has 1 fully saturated rings. The molecule has 1 aromatic rings. The molecule has 0 saturated heterocycles. The number of nitrogens with one attached hydrogen (secondary N) is 2. The van der Waals surface area contributed by atoms with Crippen LogP contribution in [0.2, 0.25) is 0 Å². The average molecular weight is 218 g/mol. The summed E-state index contributed by atoms with van der Waals surface area (Å²) in [6, 6.07) is 1.95. The minimum Gasteiger partial charge on any atom is -0.347 e. The van der Waals surface area contributed by atoms with Crippen LogP contribution in [0.1, 0.15) is 38.1 Å². The number of nitrogens with zero attached hydrogens (tertiary/aromatic N) is 2. The van der Waals surface area contributed by atoms with Crippen molar-refractivity contribution in [1.82, 2.24) is 15.3 Å². The summed E-state index contributed by atoms with van der Waals surface area (Å²) in [5.41, 5.74) is -0.764. The number of hydrogen-bond donors (Lipinski definition) is 2. The molecule has 1 aliphatic rings. The summed E-state index contributed by atoms with van der Waals surface area (Å²) in [4.78, 5) is 18.9. The van der Waals surface area contributed by atoms with E-state index in [0.29, 0.717) is 12.8 Å². The molecule has 2 rings (SSSR count). The predicted octanol–water partition coefficient (Wildman–Crippen LogP) is 1.28. The van der Waals surface area contributed by atoms with Gasteiger partial charge in [0.2, 0.25) is 5.91 Å². The van der Waals surface area contributed by atoms with Crippen molar-refractivity contribution in [3.05, 3.63) is 18.2 Å². The van der Waals surface area contributed by atoms with Crippen LogP contribution in [0.5, 0.6) is 0 Å². The van der Waals surface area contributed by atoms with Crippen molar-refractivity contribution in [1.29, 1.82) is 5.26 Å². The standard InChI is InChI=1S/C11H14N4O/c1-2-8(9-13-5-6-14-9)15-10(16)11(7-12)3-4-11/h5-6,8H,2-4H2,1H3,(H,13,14)(H,15,16). The minimum absolute atomic E-state index is 0.131. The van der Waals surface area contributed by atoms with Crippen LogP contribution in [0.25, 0.3) is 0 Å². The average Bonchev–Trinajstić information content (AvgIpc) is 2.93. The zero-order chi connectivity index (χ0) is 11.6. The maximum Gasteiger partial charge on any atom is 0.241 e. The van der Waals surface area contributed by atoms with Crippen molar-refractivity contribution in [2.45, 2.75) is 32.2 Å². The zero-order valence-electron chi connectivity index (χ0n) is 9.16. The van der Waals surface area contributed by atoms with Gasteiger partial charge >= 0.3 is 0 Å². The third-order valence-electron chi connectivity index (χ3n) is 2.96. The first-order chi connectivity index (χ1) is 7.72. The molecule has 1 heterocycles. The second-order valence-corrected chi connectivity index (χ2v) is 4.10. The molecule has 0 aliphatic heterocycles. The number of carbonyl (C=O) groups is 1. The van der Waals surface area contributed by atoms with E-state index >= 15 is 0 Å². The van der Waals surface area contributed by atoms with Crippen molar-refractivity contribution in [2.75, 3.05) is 0 Å². The Kier molecular flexibility index (Phi) is 2.65. The van der Waals surface area contributed by atoms with Crippen LogP contribution in [0, 0.1) is 16.7 Å². The molecular weight excluding hydrogens is 204 g/mol. The summed E-state index contributed by atoms with van der Waals surface area (Å²) in [7, 11) is 0. The van der Waals surface area contributed by atoms with E-state index in [9.17, 15) is 4.79 Å². The molecule has 1 saturated carbocycles. The predicted molar refractivity (Wildman–Crippen MR) is 57.0 cm³/mol. The van der Waals surface area contributed by atoms with E-state index < -0.39 is 5.41 Å². The Morgan fingerprint density at radius 1 is 1.81 bits per heavy atom. The third-order valence-corrected chi connectivity index (χ3v) is 2.96. The highest BCUT2D eigenvalue weighted by Gasteiger charge is 2.51. The Hall–Kier alpha value is -1.83. The van der Waals surface area contributed by atoms with Gasteiger partial charge in [0, 0.05) is 12.4 Å². The summed E-state index contributed by atoms with van der Waals surface area (Å²) in [5, 5.41) is 11.8. The molecular formula is C11H14N4O. The molecule has 0 radical (unpaired) electrons. The molecule has 1 aromatic heterocycles. The quantitative estimate of drug-likeness (QED) is 0.798. The lowest BCUT2D eigenvalue weighted by molar-refractivity contribution is -0.125. The maximum atomic E-state index is 11.8. The van der Waals surface area contributed by atoms with Crippen LogP contribution in [0.3, 0.4) is 0 Å². The van der Waals surface area contributed by atoms with E-state index in [1.165, 1.54) is 0 Å². The first kappa shape index (κ1) is 10.7. The lowest BCUT2D eigenvalue weighted by Gasteiger charge is -2.16. The number of rotatable bonds is 4. The van der Waals surface area contributed by atoms with Crippen molar-refractivity contribution in [3.63, 3.8) is 0 Å². The van der Waals surface area contributed by atoms with E-state index in [-0.39, 0.29) is 11.9 Å². The van der Waals surface area contributed by atoms with E-state index in [1.807, 2.05) is 6.92 Å². The summed E-state index contributed by atoms with van der Waals surface area (Å²) < 4.78 is 0. The number of nitriles is 1. The summed E-state index contributed by atoms with van der Waals surface area (Å²) >= 11 is 0. The highest BCUT2D eigenvalue weighted by atomic mass is 16.2. The SMILES string of the molecule is CCC(NC(=O)C1(C#N)CC1)c1ncc[nH]1. The molecule has 1 unspecified atom stereocenters. The van der Waals surface area contributed by atoms with Crippen LogP contribution in [0.4, 0.5) is 0 Å². The number of amides is 1. The Morgan fingerprint density at radius 3 is 3.00 bits per heavy atom. The fourth-order valence-electron chi connectivity index (χ4n) is 1.64. The smallest absolute Gasteiger partial charge is 0.241 e. The third kappa shape index (κ3) is 1.78. The monoisotopic (exact) mass is 218 g/mol. The second kappa shape index (κ2) is 3.97. The minimum atomic E-state index is -0.764. The molecule has 1 amide bonds. The lowest BCUT2D eigenvalue weighted by Crippen LogP contribution is -2.34. The Balaban J connectivity index is 2.04. The van der Waals surface area contributed by atoms with Crippen LogP contribution < -0.4 is 5.32 Å². The highest BCUT2D eigenvalue weighted by Crippen LogP contribution is 2.45. The highest BCUT2D eigenvalue weighted by molar-refractivity contribution is 5.88. The Labute approximate surface area is 93.9 Å². The van der Waals surface area contributed by atoms with Gasteiger partial charge in [-0.25, -0.2) is 4.98 Å². The first-order valence-electron chi connectivity index (χ1n) is 5.43. The molecule has 0 spiro atoms. The molecule has 5 heteroatoms. The van der Waals surface area contributed by atoms with Gasteiger partial charge in [0.05, 0.1) is 12.1 Å². The number of carbonyl (C=O) groups excluding carboxylic acids is 1. The van der Waals surface area contributed by atoms with Crippen molar-refractivity contribution >= 4 is 5.91 Å². The first-order valence-corrected chi connectivity index (χ1v) is 5.43. The van der Waals surface area contributed by atoms with Gasteiger partial charge in [-0.05, 0) is 19.3 Å². The van der Waals surface area contributed by atoms with Crippen molar-refractivity contribution in [2.24, 2.45) is 5.41 Å². The summed E-state index contributed by atoms with van der Waals surface area (Å²) in [5.74, 6) is 0.572. The van der Waals surface area contributed by atoms with Crippen LogP contribution in [-0.2, 0) is 4.79 Å². The molecule has 1 atom stereocenters. The molecule has 5 nitrogen and oxygen atoms in total. The normalized spacial score (nSPS) is 18.5. The van der Waals surface area contributed by atoms with Crippen molar-refractivity contribution in [3.8, 4) is 6.07 Å².